The maximum atomic E-state index is 13.0. The van der Waals surface area contributed by atoms with E-state index < -0.39 is 97.5 Å². The molecule has 0 radical (unpaired) electrons. The summed E-state index contributed by atoms with van der Waals surface area (Å²) in [5.41, 5.74) is 0. The fraction of sp³-hybridized carbons (Fsp3) is 0.942. The fourth-order valence-corrected chi connectivity index (χ4v) is 11.9. The molecule has 0 spiro atoms. The molecule has 17 nitrogen and oxygen atoms in total. The monoisotopic (exact) mass is 1300 g/mol. The van der Waals surface area contributed by atoms with Crippen molar-refractivity contribution in [1.82, 2.24) is 0 Å². The van der Waals surface area contributed by atoms with Gasteiger partial charge in [0.25, 0.3) is 0 Å². The Morgan fingerprint density at radius 2 is 0.580 bits per heavy atom. The summed E-state index contributed by atoms with van der Waals surface area (Å²) in [5.74, 6) is 0.148. The van der Waals surface area contributed by atoms with Crippen LogP contribution in [0, 0.1) is 17.8 Å². The van der Waals surface area contributed by atoms with Gasteiger partial charge in [-0.3, -0.25) is 37.3 Å². The van der Waals surface area contributed by atoms with Crippen molar-refractivity contribution in [3.05, 3.63) is 0 Å². The number of esters is 4. The van der Waals surface area contributed by atoms with Crippen molar-refractivity contribution in [2.24, 2.45) is 17.8 Å². The molecule has 3 N–H and O–H groups in total. The number of phosphoric ester groups is 2. The van der Waals surface area contributed by atoms with Crippen LogP contribution in [-0.2, 0) is 65.4 Å². The third-order valence-electron chi connectivity index (χ3n) is 16.2. The lowest BCUT2D eigenvalue weighted by molar-refractivity contribution is -0.161. The molecule has 6 atom stereocenters. The maximum Gasteiger partial charge on any atom is 0.472 e. The highest BCUT2D eigenvalue weighted by Gasteiger charge is 2.30. The minimum atomic E-state index is -4.95. The normalized spacial score (nSPS) is 14.5. The summed E-state index contributed by atoms with van der Waals surface area (Å²) >= 11 is 0. The Morgan fingerprint density at radius 3 is 0.864 bits per heavy atom. The van der Waals surface area contributed by atoms with E-state index in [2.05, 4.69) is 48.5 Å². The number of hydrogen-bond donors (Lipinski definition) is 3. The first kappa shape index (κ1) is 86.1. The van der Waals surface area contributed by atoms with E-state index in [1.165, 1.54) is 141 Å². The zero-order valence-electron chi connectivity index (χ0n) is 57.2. The smallest absolute Gasteiger partial charge is 0.462 e. The molecule has 0 aromatic carbocycles. The van der Waals surface area contributed by atoms with Gasteiger partial charge in [0, 0.05) is 25.7 Å². The summed E-state index contributed by atoms with van der Waals surface area (Å²) in [6.07, 6.45) is 43.3. The molecular formula is C69H134O17P2. The molecule has 0 rings (SSSR count). The van der Waals surface area contributed by atoms with Crippen molar-refractivity contribution >= 4 is 39.5 Å². The van der Waals surface area contributed by atoms with Crippen molar-refractivity contribution in [2.45, 2.75) is 362 Å². The van der Waals surface area contributed by atoms with Gasteiger partial charge in [0.2, 0.25) is 0 Å². The molecule has 0 aromatic heterocycles. The van der Waals surface area contributed by atoms with Crippen LogP contribution in [0.2, 0.25) is 0 Å². The Labute approximate surface area is 537 Å². The highest BCUT2D eigenvalue weighted by molar-refractivity contribution is 7.47. The molecule has 0 aromatic rings. The molecule has 0 aliphatic carbocycles. The van der Waals surface area contributed by atoms with Crippen molar-refractivity contribution in [3.8, 4) is 0 Å². The van der Waals surface area contributed by atoms with Crippen LogP contribution < -0.4 is 0 Å². The minimum absolute atomic E-state index is 0.103. The Kier molecular flexibility index (Phi) is 58.7. The standard InChI is InChI=1S/C69H134O17P2/c1-8-10-11-12-26-36-43-50-66(71)79-56-64(86-69(74)53-46-39-32-25-28-34-41-48-61(5)6)58-83-87(75,76)81-54-63(70)55-82-88(77,78)84-59-65(57-80-67(72)51-44-37-30-24-23-29-35-42-49-62(7)9-2)85-68(73)52-45-38-31-22-20-18-16-14-13-15-17-19-21-27-33-40-47-60(3)4/h60-65,70H,8-59H2,1-7H3,(H,75,76)(H,77,78)/t62?,63-,64+,65+/m0/s1. The summed E-state index contributed by atoms with van der Waals surface area (Å²) in [5, 5.41) is 10.6. The van der Waals surface area contributed by atoms with Crippen LogP contribution in [0.5, 0.6) is 0 Å². The summed E-state index contributed by atoms with van der Waals surface area (Å²) in [6, 6.07) is 0. The largest absolute Gasteiger partial charge is 0.472 e. The van der Waals surface area contributed by atoms with Gasteiger partial charge in [-0.2, -0.15) is 0 Å². The van der Waals surface area contributed by atoms with Gasteiger partial charge in [0.05, 0.1) is 26.4 Å². The van der Waals surface area contributed by atoms with Crippen LogP contribution in [-0.4, -0.2) is 96.7 Å². The number of carbonyl (C=O) groups excluding carboxylic acids is 4. The third-order valence-corrected chi connectivity index (χ3v) is 18.1. The summed E-state index contributed by atoms with van der Waals surface area (Å²) < 4.78 is 68.1. The molecule has 19 heteroatoms. The zero-order valence-corrected chi connectivity index (χ0v) is 59.0. The van der Waals surface area contributed by atoms with Crippen LogP contribution in [0.1, 0.15) is 344 Å². The molecule has 0 aliphatic heterocycles. The van der Waals surface area contributed by atoms with Gasteiger partial charge in [-0.05, 0) is 43.4 Å². The number of carbonyl (C=O) groups is 4. The van der Waals surface area contributed by atoms with E-state index in [9.17, 15) is 43.2 Å². The van der Waals surface area contributed by atoms with Crippen molar-refractivity contribution < 1.29 is 80.2 Å². The van der Waals surface area contributed by atoms with Crippen LogP contribution in [0.15, 0.2) is 0 Å². The first-order chi connectivity index (χ1) is 42.3. The molecule has 0 bridgehead atoms. The number of unbranched alkanes of at least 4 members (excludes halogenated alkanes) is 34. The predicted octanol–water partition coefficient (Wildman–Crippen LogP) is 19.5. The fourth-order valence-electron chi connectivity index (χ4n) is 10.3. The van der Waals surface area contributed by atoms with Crippen molar-refractivity contribution in [1.29, 1.82) is 0 Å². The molecule has 0 heterocycles. The second-order valence-electron chi connectivity index (χ2n) is 26.1. The summed E-state index contributed by atoms with van der Waals surface area (Å²) in [4.78, 5) is 72.3. The Morgan fingerprint density at radius 1 is 0.330 bits per heavy atom. The Balaban J connectivity index is 5.18. The number of aliphatic hydroxyl groups is 1. The summed E-state index contributed by atoms with van der Waals surface area (Å²) in [6.45, 7) is 11.8. The van der Waals surface area contributed by atoms with Crippen molar-refractivity contribution in [2.75, 3.05) is 39.6 Å². The van der Waals surface area contributed by atoms with E-state index in [0.717, 1.165) is 115 Å². The average Bonchev–Trinajstić information content (AvgIpc) is 3.71. The minimum Gasteiger partial charge on any atom is -0.462 e. The predicted molar refractivity (Wildman–Crippen MR) is 354 cm³/mol. The molecule has 0 saturated carbocycles. The third kappa shape index (κ3) is 61.6. The van der Waals surface area contributed by atoms with Gasteiger partial charge < -0.3 is 33.8 Å². The van der Waals surface area contributed by atoms with E-state index in [1.807, 2.05) is 0 Å². The maximum absolute atomic E-state index is 13.0. The van der Waals surface area contributed by atoms with E-state index in [4.69, 9.17) is 37.0 Å². The van der Waals surface area contributed by atoms with E-state index in [0.29, 0.717) is 31.6 Å². The molecule has 3 unspecified atom stereocenters. The average molecular weight is 1300 g/mol. The lowest BCUT2D eigenvalue weighted by Gasteiger charge is -2.21. The van der Waals surface area contributed by atoms with Crippen LogP contribution in [0.25, 0.3) is 0 Å². The highest BCUT2D eigenvalue weighted by Crippen LogP contribution is 2.45. The van der Waals surface area contributed by atoms with Crippen molar-refractivity contribution in [3.63, 3.8) is 0 Å². The first-order valence-electron chi connectivity index (χ1n) is 35.9. The second kappa shape index (κ2) is 60.0. The molecule has 0 aliphatic rings. The van der Waals surface area contributed by atoms with E-state index in [-0.39, 0.29) is 25.7 Å². The second-order valence-corrected chi connectivity index (χ2v) is 29.0. The number of phosphoric acid groups is 2. The topological polar surface area (TPSA) is 237 Å². The number of ether oxygens (including phenoxy) is 4. The zero-order chi connectivity index (χ0) is 65.2. The van der Waals surface area contributed by atoms with Gasteiger partial charge >= 0.3 is 39.5 Å². The van der Waals surface area contributed by atoms with Crippen LogP contribution in [0.3, 0.4) is 0 Å². The summed E-state index contributed by atoms with van der Waals surface area (Å²) in [7, 11) is -9.89. The molecule has 0 saturated heterocycles. The SMILES string of the molecule is CCCCCCCCCC(=O)OC[C@H](COP(=O)(O)OC[C@H](O)COP(=O)(O)OC[C@@H](COC(=O)CCCCCCCCCCC(C)CC)OC(=O)CCCCCCCCCCCCCCCCCCC(C)C)OC(=O)CCCCCCCCCC(C)C. The number of rotatable bonds is 67. The van der Waals surface area contributed by atoms with Gasteiger partial charge in [-0.1, -0.05) is 292 Å². The van der Waals surface area contributed by atoms with Gasteiger partial charge in [0.1, 0.15) is 19.3 Å². The first-order valence-corrected chi connectivity index (χ1v) is 38.9. The van der Waals surface area contributed by atoms with E-state index >= 15 is 0 Å². The van der Waals surface area contributed by atoms with Crippen LogP contribution >= 0.6 is 15.6 Å². The molecule has 522 valence electrons. The Hall–Kier alpha value is -1.94. The lowest BCUT2D eigenvalue weighted by Crippen LogP contribution is -2.30. The van der Waals surface area contributed by atoms with Gasteiger partial charge in [0.15, 0.2) is 12.2 Å². The Bertz CT molecular complexity index is 1730. The van der Waals surface area contributed by atoms with Crippen LogP contribution in [0.4, 0.5) is 0 Å². The molecule has 88 heavy (non-hydrogen) atoms. The highest BCUT2D eigenvalue weighted by atomic mass is 31.2. The molecule has 0 fully saturated rings. The lowest BCUT2D eigenvalue weighted by atomic mass is 9.99. The van der Waals surface area contributed by atoms with Gasteiger partial charge in [-0.25, -0.2) is 9.13 Å². The van der Waals surface area contributed by atoms with Gasteiger partial charge in [-0.15, -0.1) is 0 Å². The molecule has 0 amide bonds. The number of hydrogen-bond acceptors (Lipinski definition) is 15. The quantitative estimate of drug-likeness (QED) is 0.0222. The number of aliphatic hydroxyl groups excluding tert-OH is 1. The van der Waals surface area contributed by atoms with E-state index in [1.54, 1.807) is 0 Å². The molecular weight excluding hydrogens is 1160 g/mol.